The zero-order chi connectivity index (χ0) is 28.0. The van der Waals surface area contributed by atoms with Crippen molar-refractivity contribution < 1.29 is 23.5 Å². The molecule has 0 saturated carbocycles. The molecule has 6 rings (SSSR count). The normalized spacial score (nSPS) is 16.2. The fourth-order valence-corrected chi connectivity index (χ4v) is 5.15. The zero-order valence-electron chi connectivity index (χ0n) is 21.8. The zero-order valence-corrected chi connectivity index (χ0v) is 21.8. The van der Waals surface area contributed by atoms with Crippen LogP contribution in [0.4, 0.5) is 21.7 Å². The average Bonchev–Trinajstić information content (AvgIpc) is 3.26. The predicted molar refractivity (Wildman–Crippen MR) is 146 cm³/mol. The number of fused-ring (bicyclic) bond motifs is 3. The lowest BCUT2D eigenvalue weighted by Crippen LogP contribution is -2.60. The highest BCUT2D eigenvalue weighted by Gasteiger charge is 2.39. The number of hydrogen-bond donors (Lipinski definition) is 1. The molecule has 0 unspecified atom stereocenters. The molecule has 0 radical (unpaired) electrons. The first-order valence-corrected chi connectivity index (χ1v) is 12.7. The summed E-state index contributed by atoms with van der Waals surface area (Å²) in [5.41, 5.74) is 3.61. The molecular weight excluding hydrogens is 515 g/mol. The number of nitrogens with zero attached hydrogens (tertiary/aromatic N) is 5. The Balaban J connectivity index is 1.20. The molecular formula is C29H25FN6O4. The second kappa shape index (κ2) is 9.92. The van der Waals surface area contributed by atoms with Crippen LogP contribution in [0, 0.1) is 12.7 Å². The summed E-state index contributed by atoms with van der Waals surface area (Å²) in [6.07, 6.45) is 2.13. The van der Waals surface area contributed by atoms with Crippen molar-refractivity contribution in [3.63, 3.8) is 0 Å². The van der Waals surface area contributed by atoms with Crippen LogP contribution in [-0.4, -0.2) is 57.9 Å². The lowest BCUT2D eigenvalue weighted by molar-refractivity contribution is -0.119. The van der Waals surface area contributed by atoms with Crippen LogP contribution in [-0.2, 0) is 16.6 Å². The number of Topliss-reactive ketones (excluding diaryl/α,β-unsaturated/α-hetero) is 1. The van der Waals surface area contributed by atoms with Crippen LogP contribution in [0.25, 0.3) is 11.1 Å². The second-order valence-corrected chi connectivity index (χ2v) is 9.75. The number of carbonyl (C=O) groups excluding carboxylic acids is 3. The molecule has 2 aromatic heterocycles. The molecule has 2 aromatic carbocycles. The maximum Gasteiger partial charge on any atom is 0.298 e. The third-order valence-corrected chi connectivity index (χ3v) is 7.17. The second-order valence-electron chi connectivity index (χ2n) is 9.75. The summed E-state index contributed by atoms with van der Waals surface area (Å²) in [5.74, 6) is -1.50. The van der Waals surface area contributed by atoms with Gasteiger partial charge in [0.05, 0.1) is 24.1 Å². The highest BCUT2D eigenvalue weighted by Crippen LogP contribution is 2.38. The molecule has 10 nitrogen and oxygen atoms in total. The van der Waals surface area contributed by atoms with Crippen molar-refractivity contribution in [2.75, 3.05) is 34.8 Å². The molecule has 2 aliphatic heterocycles. The number of nitrogens with one attached hydrogen (secondary N) is 1. The smallest absolute Gasteiger partial charge is 0.298 e. The van der Waals surface area contributed by atoms with Gasteiger partial charge in [0.15, 0.2) is 5.82 Å². The average molecular weight is 541 g/mol. The summed E-state index contributed by atoms with van der Waals surface area (Å²) >= 11 is 0. The van der Waals surface area contributed by atoms with Gasteiger partial charge in [-0.15, -0.1) is 0 Å². The van der Waals surface area contributed by atoms with Crippen LogP contribution in [0.5, 0.6) is 5.75 Å². The van der Waals surface area contributed by atoms with Gasteiger partial charge in [-0.1, -0.05) is 30.3 Å². The van der Waals surface area contributed by atoms with Gasteiger partial charge < -0.3 is 19.5 Å². The van der Waals surface area contributed by atoms with Crippen LogP contribution in [0.15, 0.2) is 67.0 Å². The van der Waals surface area contributed by atoms with Crippen molar-refractivity contribution >= 4 is 34.9 Å². The maximum atomic E-state index is 13.3. The highest BCUT2D eigenvalue weighted by molar-refractivity contribution is 6.47. The van der Waals surface area contributed by atoms with Gasteiger partial charge in [0.1, 0.15) is 24.6 Å². The number of amides is 2. The van der Waals surface area contributed by atoms with Crippen LogP contribution < -0.4 is 19.9 Å². The Morgan fingerprint density at radius 1 is 1.07 bits per heavy atom. The number of ether oxygens (including phenoxy) is 1. The first kappa shape index (κ1) is 25.2. The number of aryl methyl sites for hydroxylation is 1. The van der Waals surface area contributed by atoms with E-state index in [2.05, 4.69) is 15.3 Å². The van der Waals surface area contributed by atoms with Crippen molar-refractivity contribution in [2.45, 2.75) is 13.0 Å². The fourth-order valence-electron chi connectivity index (χ4n) is 5.15. The minimum absolute atomic E-state index is 0.0222. The summed E-state index contributed by atoms with van der Waals surface area (Å²) in [6.45, 7) is 2.51. The van der Waals surface area contributed by atoms with Gasteiger partial charge in [0, 0.05) is 36.6 Å². The molecule has 1 atom stereocenters. The molecule has 11 heteroatoms. The quantitative estimate of drug-likeness (QED) is 0.305. The molecule has 1 N–H and O–H groups in total. The number of hydrogen-bond acceptors (Lipinski definition) is 7. The molecule has 40 heavy (non-hydrogen) atoms. The van der Waals surface area contributed by atoms with Crippen molar-refractivity contribution in [1.29, 1.82) is 0 Å². The molecule has 0 bridgehead atoms. The minimum Gasteiger partial charge on any atom is -0.489 e. The Labute approximate surface area is 229 Å². The monoisotopic (exact) mass is 540 g/mol. The Bertz CT molecular complexity index is 1640. The Morgan fingerprint density at radius 2 is 1.82 bits per heavy atom. The molecule has 2 amide bonds. The number of ketones is 1. The molecule has 1 saturated heterocycles. The summed E-state index contributed by atoms with van der Waals surface area (Å²) in [5, 5.41) is 2.68. The van der Waals surface area contributed by atoms with E-state index in [0.29, 0.717) is 34.9 Å². The number of aromatic nitrogens is 3. The van der Waals surface area contributed by atoms with Crippen molar-refractivity contribution in [3.05, 3.63) is 84.2 Å². The van der Waals surface area contributed by atoms with Crippen LogP contribution in [0.3, 0.4) is 0 Å². The molecule has 202 valence electrons. The molecule has 0 spiro atoms. The molecule has 2 aliphatic rings. The van der Waals surface area contributed by atoms with E-state index < -0.39 is 17.5 Å². The third kappa shape index (κ3) is 4.45. The first-order chi connectivity index (χ1) is 19.3. The lowest BCUT2D eigenvalue weighted by Gasteiger charge is -2.43. The van der Waals surface area contributed by atoms with E-state index in [-0.39, 0.29) is 31.0 Å². The number of carbonyl (C=O) groups is 3. The molecule has 4 aromatic rings. The minimum atomic E-state index is -0.781. The van der Waals surface area contributed by atoms with Crippen molar-refractivity contribution in [3.8, 4) is 16.9 Å². The van der Waals surface area contributed by atoms with E-state index in [1.54, 1.807) is 39.6 Å². The van der Waals surface area contributed by atoms with Gasteiger partial charge in [0.25, 0.3) is 11.7 Å². The van der Waals surface area contributed by atoms with Gasteiger partial charge in [0.2, 0.25) is 11.9 Å². The largest absolute Gasteiger partial charge is 0.489 e. The summed E-state index contributed by atoms with van der Waals surface area (Å²) in [4.78, 5) is 50.8. The van der Waals surface area contributed by atoms with Gasteiger partial charge in [-0.05, 0) is 30.7 Å². The Kier molecular flexibility index (Phi) is 6.25. The SMILES string of the molecule is Cc1cc(-c2ccccc2)c(C(=O)C(=O)Nc2ccc3c(c2)OC[C@@H]2CN(c4ncc(F)cn4)CC(=O)N32)n1C. The number of piperazine rings is 1. The number of anilines is 3. The van der Waals surface area contributed by atoms with E-state index in [0.717, 1.165) is 23.7 Å². The van der Waals surface area contributed by atoms with Gasteiger partial charge in [-0.2, -0.15) is 0 Å². The van der Waals surface area contributed by atoms with Gasteiger partial charge in [-0.25, -0.2) is 14.4 Å². The van der Waals surface area contributed by atoms with E-state index >= 15 is 0 Å². The van der Waals surface area contributed by atoms with E-state index in [4.69, 9.17) is 4.74 Å². The van der Waals surface area contributed by atoms with Gasteiger partial charge >= 0.3 is 0 Å². The van der Waals surface area contributed by atoms with Gasteiger partial charge in [-0.3, -0.25) is 19.3 Å². The van der Waals surface area contributed by atoms with Crippen LogP contribution in [0.2, 0.25) is 0 Å². The molecule has 1 fully saturated rings. The lowest BCUT2D eigenvalue weighted by atomic mass is 10.0. The fraction of sp³-hybridized carbons (Fsp3) is 0.207. The molecule has 4 heterocycles. The topological polar surface area (TPSA) is 110 Å². The summed E-state index contributed by atoms with van der Waals surface area (Å²) in [6, 6.07) is 15.9. The van der Waals surface area contributed by atoms with Crippen molar-refractivity contribution in [1.82, 2.24) is 14.5 Å². The van der Waals surface area contributed by atoms with E-state index in [1.807, 2.05) is 43.3 Å². The number of benzene rings is 2. The standard InChI is InChI=1S/C29H25FN6O4/c1-17-10-22(18-6-4-3-5-7-18)26(34(17)2)27(38)28(39)33-20-8-9-23-24(11-20)40-16-21-14-35(15-25(37)36(21)23)29-31-12-19(30)13-32-29/h3-13,21H,14-16H2,1-2H3,(H,33,39)/t21-/m0/s1. The third-order valence-electron chi connectivity index (χ3n) is 7.17. The van der Waals surface area contributed by atoms with Crippen LogP contribution >= 0.6 is 0 Å². The number of halogens is 1. The highest BCUT2D eigenvalue weighted by atomic mass is 19.1. The van der Waals surface area contributed by atoms with E-state index in [9.17, 15) is 18.8 Å². The Hall–Kier alpha value is -5.06. The maximum absolute atomic E-state index is 13.3. The predicted octanol–water partition coefficient (Wildman–Crippen LogP) is 3.37. The van der Waals surface area contributed by atoms with Crippen molar-refractivity contribution in [2.24, 2.45) is 7.05 Å². The van der Waals surface area contributed by atoms with Crippen LogP contribution in [0.1, 0.15) is 16.2 Å². The first-order valence-electron chi connectivity index (χ1n) is 12.7. The summed E-state index contributed by atoms with van der Waals surface area (Å²) < 4.78 is 20.9. The molecule has 0 aliphatic carbocycles. The summed E-state index contributed by atoms with van der Waals surface area (Å²) in [7, 11) is 1.75. The Morgan fingerprint density at radius 3 is 2.58 bits per heavy atom. The number of rotatable bonds is 5. The van der Waals surface area contributed by atoms with E-state index in [1.165, 1.54) is 0 Å².